The zero-order valence-corrected chi connectivity index (χ0v) is 9.53. The quantitative estimate of drug-likeness (QED) is 0.812. The number of carbonyl (C=O) groups excluding carboxylic acids is 1. The van der Waals surface area contributed by atoms with Crippen LogP contribution in [0.5, 0.6) is 0 Å². The Morgan fingerprint density at radius 3 is 2.82 bits per heavy atom. The van der Waals surface area contributed by atoms with Crippen molar-refractivity contribution in [3.05, 3.63) is 29.8 Å². The smallest absolute Gasteiger partial charge is 0.270 e. The van der Waals surface area contributed by atoms with Crippen LogP contribution in [0, 0.1) is 5.82 Å². The van der Waals surface area contributed by atoms with Gasteiger partial charge in [0.15, 0.2) is 0 Å². The summed E-state index contributed by atoms with van der Waals surface area (Å²) in [5.41, 5.74) is 6.16. The van der Waals surface area contributed by atoms with E-state index < -0.39 is 5.82 Å². The third kappa shape index (κ3) is 3.00. The number of rotatable bonds is 2. The topological polar surface area (TPSA) is 68.0 Å². The molecule has 1 aromatic rings. The lowest BCUT2D eigenvalue weighted by Crippen LogP contribution is -2.49. The Hall–Kier alpha value is -1.49. The first-order chi connectivity index (χ1) is 8.16. The Balaban J connectivity index is 1.98. The van der Waals surface area contributed by atoms with E-state index in [1.54, 1.807) is 0 Å². The highest BCUT2D eigenvalue weighted by Gasteiger charge is 2.23. The van der Waals surface area contributed by atoms with Crippen molar-refractivity contribution in [2.75, 3.05) is 0 Å². The van der Waals surface area contributed by atoms with Gasteiger partial charge in [-0.2, -0.15) is 0 Å². The van der Waals surface area contributed by atoms with Gasteiger partial charge in [0.25, 0.3) is 5.91 Å². The Bertz CT molecular complexity index is 393. The second-order valence-corrected chi connectivity index (χ2v) is 4.39. The number of nitrogens with one attached hydrogen (secondary N) is 1. The van der Waals surface area contributed by atoms with Crippen molar-refractivity contribution in [3.63, 3.8) is 0 Å². The summed E-state index contributed by atoms with van der Waals surface area (Å²) in [4.78, 5) is 15.6. The predicted molar refractivity (Wildman–Crippen MR) is 61.9 cm³/mol. The molecular weight excluding hydrogens is 221 g/mol. The standard InChI is InChI=1S/C12H16FN3O/c13-8-5-6-11(15-7-8)12(17)16-10-4-2-1-3-9(10)14/h5-7,9-10H,1-4,14H2,(H,16,17)/t9-,10-/m1/s1. The molecule has 1 heterocycles. The van der Waals surface area contributed by atoms with Gasteiger partial charge in [-0.25, -0.2) is 9.37 Å². The van der Waals surface area contributed by atoms with Crippen molar-refractivity contribution < 1.29 is 9.18 Å². The molecule has 0 saturated heterocycles. The molecule has 0 bridgehead atoms. The highest BCUT2D eigenvalue weighted by Crippen LogP contribution is 2.17. The zero-order chi connectivity index (χ0) is 12.3. The van der Waals surface area contributed by atoms with Crippen molar-refractivity contribution in [1.82, 2.24) is 10.3 Å². The van der Waals surface area contributed by atoms with E-state index in [1.165, 1.54) is 12.1 Å². The summed E-state index contributed by atoms with van der Waals surface area (Å²) in [6.07, 6.45) is 5.06. The molecule has 17 heavy (non-hydrogen) atoms. The van der Waals surface area contributed by atoms with Crippen LogP contribution in [-0.2, 0) is 0 Å². The molecular formula is C12H16FN3O. The molecule has 1 aliphatic rings. The van der Waals surface area contributed by atoms with Gasteiger partial charge in [-0.05, 0) is 25.0 Å². The summed E-state index contributed by atoms with van der Waals surface area (Å²) >= 11 is 0. The minimum atomic E-state index is -0.448. The molecule has 92 valence electrons. The third-order valence-electron chi connectivity index (χ3n) is 3.10. The van der Waals surface area contributed by atoms with E-state index in [0.29, 0.717) is 0 Å². The molecule has 5 heteroatoms. The maximum Gasteiger partial charge on any atom is 0.270 e. The number of hydrogen-bond donors (Lipinski definition) is 2. The molecule has 1 amide bonds. The number of amides is 1. The molecule has 1 aromatic heterocycles. The van der Waals surface area contributed by atoms with E-state index in [9.17, 15) is 9.18 Å². The van der Waals surface area contributed by atoms with E-state index in [-0.39, 0.29) is 23.7 Å². The summed E-state index contributed by atoms with van der Waals surface area (Å²) in [7, 11) is 0. The van der Waals surface area contributed by atoms with Crippen molar-refractivity contribution >= 4 is 5.91 Å². The molecule has 0 spiro atoms. The molecule has 2 rings (SSSR count). The van der Waals surface area contributed by atoms with Gasteiger partial charge in [0.1, 0.15) is 11.5 Å². The second kappa shape index (κ2) is 5.23. The first-order valence-corrected chi connectivity index (χ1v) is 5.85. The predicted octanol–water partition coefficient (Wildman–Crippen LogP) is 1.22. The van der Waals surface area contributed by atoms with Crippen LogP contribution in [0.15, 0.2) is 18.3 Å². The lowest BCUT2D eigenvalue weighted by atomic mass is 9.91. The zero-order valence-electron chi connectivity index (χ0n) is 9.53. The SMILES string of the molecule is N[C@@H]1CCCC[C@H]1NC(=O)c1ccc(F)cn1. The first kappa shape index (κ1) is 12.0. The minimum absolute atomic E-state index is 0.00287. The van der Waals surface area contributed by atoms with Gasteiger partial charge in [0.2, 0.25) is 0 Å². The highest BCUT2D eigenvalue weighted by atomic mass is 19.1. The van der Waals surface area contributed by atoms with Gasteiger partial charge in [-0.3, -0.25) is 4.79 Å². The first-order valence-electron chi connectivity index (χ1n) is 5.85. The monoisotopic (exact) mass is 237 g/mol. The molecule has 1 fully saturated rings. The molecule has 0 aromatic carbocycles. The van der Waals surface area contributed by atoms with Crippen LogP contribution in [0.1, 0.15) is 36.2 Å². The lowest BCUT2D eigenvalue weighted by molar-refractivity contribution is 0.0916. The summed E-state index contributed by atoms with van der Waals surface area (Å²) in [6, 6.07) is 2.61. The molecule has 0 aliphatic heterocycles. The number of pyridine rings is 1. The van der Waals surface area contributed by atoms with Crippen LogP contribution in [-0.4, -0.2) is 23.0 Å². The van der Waals surface area contributed by atoms with Crippen LogP contribution in [0.4, 0.5) is 4.39 Å². The maximum absolute atomic E-state index is 12.7. The number of nitrogens with zero attached hydrogens (tertiary/aromatic N) is 1. The molecule has 3 N–H and O–H groups in total. The van der Waals surface area contributed by atoms with Gasteiger partial charge in [-0.1, -0.05) is 12.8 Å². The van der Waals surface area contributed by atoms with Crippen molar-refractivity contribution in [1.29, 1.82) is 0 Å². The van der Waals surface area contributed by atoms with Gasteiger partial charge < -0.3 is 11.1 Å². The lowest BCUT2D eigenvalue weighted by Gasteiger charge is -2.29. The maximum atomic E-state index is 12.7. The number of hydrogen-bond acceptors (Lipinski definition) is 3. The van der Waals surface area contributed by atoms with Crippen LogP contribution < -0.4 is 11.1 Å². The summed E-state index contributed by atoms with van der Waals surface area (Å²) < 4.78 is 12.7. The van der Waals surface area contributed by atoms with Crippen LogP contribution in [0.2, 0.25) is 0 Å². The number of aromatic nitrogens is 1. The molecule has 1 aliphatic carbocycles. The van der Waals surface area contributed by atoms with Gasteiger partial charge in [0.05, 0.1) is 6.20 Å². The molecule has 4 nitrogen and oxygen atoms in total. The number of carbonyl (C=O) groups is 1. The number of halogens is 1. The fourth-order valence-corrected chi connectivity index (χ4v) is 2.09. The minimum Gasteiger partial charge on any atom is -0.346 e. The Morgan fingerprint density at radius 2 is 2.18 bits per heavy atom. The van der Waals surface area contributed by atoms with Gasteiger partial charge >= 0.3 is 0 Å². The Kier molecular flexibility index (Phi) is 3.68. The summed E-state index contributed by atoms with van der Waals surface area (Å²) in [6.45, 7) is 0. The van der Waals surface area contributed by atoms with Crippen LogP contribution >= 0.6 is 0 Å². The normalized spacial score (nSPS) is 24.4. The Morgan fingerprint density at radius 1 is 1.41 bits per heavy atom. The van der Waals surface area contributed by atoms with E-state index in [2.05, 4.69) is 10.3 Å². The fourth-order valence-electron chi connectivity index (χ4n) is 2.09. The van der Waals surface area contributed by atoms with Crippen molar-refractivity contribution in [2.24, 2.45) is 5.73 Å². The van der Waals surface area contributed by atoms with Gasteiger partial charge in [-0.15, -0.1) is 0 Å². The van der Waals surface area contributed by atoms with Crippen molar-refractivity contribution in [2.45, 2.75) is 37.8 Å². The summed E-state index contributed by atoms with van der Waals surface area (Å²) in [5.74, 6) is -0.733. The van der Waals surface area contributed by atoms with Crippen LogP contribution in [0.3, 0.4) is 0 Å². The molecule has 0 unspecified atom stereocenters. The molecule has 1 saturated carbocycles. The second-order valence-electron chi connectivity index (χ2n) is 4.39. The summed E-state index contributed by atoms with van der Waals surface area (Å²) in [5, 5.41) is 2.86. The fraction of sp³-hybridized carbons (Fsp3) is 0.500. The molecule has 2 atom stereocenters. The largest absolute Gasteiger partial charge is 0.346 e. The average Bonchev–Trinajstić information content (AvgIpc) is 2.33. The van der Waals surface area contributed by atoms with Gasteiger partial charge in [0, 0.05) is 12.1 Å². The van der Waals surface area contributed by atoms with E-state index in [1.807, 2.05) is 0 Å². The highest BCUT2D eigenvalue weighted by molar-refractivity contribution is 5.92. The van der Waals surface area contributed by atoms with Crippen LogP contribution in [0.25, 0.3) is 0 Å². The number of nitrogens with two attached hydrogens (primary N) is 1. The average molecular weight is 237 g/mol. The molecule has 0 radical (unpaired) electrons. The van der Waals surface area contributed by atoms with E-state index in [4.69, 9.17) is 5.73 Å². The van der Waals surface area contributed by atoms with Crippen molar-refractivity contribution in [3.8, 4) is 0 Å². The van der Waals surface area contributed by atoms with E-state index in [0.717, 1.165) is 31.9 Å². The third-order valence-corrected chi connectivity index (χ3v) is 3.10. The Labute approximate surface area is 99.4 Å². The van der Waals surface area contributed by atoms with E-state index >= 15 is 0 Å².